The zero-order chi connectivity index (χ0) is 16.1. The Morgan fingerprint density at radius 3 is 2.39 bits per heavy atom. The monoisotopic (exact) mass is 373 g/mol. The van der Waals surface area contributed by atoms with Crippen molar-refractivity contribution in [1.82, 2.24) is 0 Å². The molecule has 0 saturated heterocycles. The van der Waals surface area contributed by atoms with E-state index in [9.17, 15) is 0 Å². The van der Waals surface area contributed by atoms with Gasteiger partial charge in [-0.3, -0.25) is 0 Å². The fraction of sp³-hybridized carbons (Fsp3) is 0.182. The molecule has 2 aliphatic carbocycles. The molecule has 0 amide bonds. The summed E-state index contributed by atoms with van der Waals surface area (Å²) in [5.74, 6) is 0. The molecule has 23 heavy (non-hydrogen) atoms. The summed E-state index contributed by atoms with van der Waals surface area (Å²) in [4.78, 5) is 0. The van der Waals surface area contributed by atoms with Crippen LogP contribution < -0.4 is 10.4 Å². The first-order valence-corrected chi connectivity index (χ1v) is 9.35. The third-order valence-corrected chi connectivity index (χ3v) is 6.13. The molecule has 0 saturated carbocycles. The molecule has 0 spiro atoms. The van der Waals surface area contributed by atoms with Crippen LogP contribution in [0.1, 0.15) is 37.0 Å². The quantitative estimate of drug-likeness (QED) is 0.712. The molecule has 0 unspecified atom stereocenters. The Bertz CT molecular complexity index is 1110. The first-order chi connectivity index (χ1) is 11.1. The summed E-state index contributed by atoms with van der Waals surface area (Å²) in [6, 6.07) is 11.3. The van der Waals surface area contributed by atoms with Gasteiger partial charge in [-0.15, -0.1) is 0 Å². The van der Waals surface area contributed by atoms with Crippen LogP contribution in [0.25, 0.3) is 14.4 Å². The number of aryl methyl sites for hydroxylation is 1. The van der Waals surface area contributed by atoms with Crippen molar-refractivity contribution in [3.63, 3.8) is 0 Å². The topological polar surface area (TPSA) is 0 Å². The Hall–Kier alpha value is -1.46. The zero-order valence-corrected chi connectivity index (χ0v) is 16.3. The van der Waals surface area contributed by atoms with Crippen molar-refractivity contribution in [2.45, 2.75) is 27.2 Å². The van der Waals surface area contributed by atoms with Crippen LogP contribution in [0.3, 0.4) is 0 Å². The molecule has 0 nitrogen and oxygen atoms in total. The van der Waals surface area contributed by atoms with Crippen LogP contribution in [0.5, 0.6) is 0 Å². The van der Waals surface area contributed by atoms with Crippen molar-refractivity contribution < 1.29 is 24.7 Å². The first kappa shape index (κ1) is 15.1. The molecule has 111 valence electrons. The van der Waals surface area contributed by atoms with Gasteiger partial charge in [-0.25, -0.2) is 0 Å². The van der Waals surface area contributed by atoms with E-state index in [1.54, 1.807) is 0 Å². The number of rotatable bonds is 1. The van der Waals surface area contributed by atoms with Gasteiger partial charge >= 0.3 is 152 Å². The van der Waals surface area contributed by atoms with Crippen LogP contribution in [0.4, 0.5) is 0 Å². The van der Waals surface area contributed by atoms with Crippen LogP contribution in [0.15, 0.2) is 48.6 Å². The van der Waals surface area contributed by atoms with Gasteiger partial charge in [0.1, 0.15) is 0 Å². The van der Waals surface area contributed by atoms with Crippen LogP contribution >= 0.6 is 0 Å². The Labute approximate surface area is 152 Å². The average Bonchev–Trinajstić information content (AvgIpc) is 3.14. The molecule has 0 radical (unpaired) electrons. The molecule has 2 aromatic rings. The molecule has 1 heteroatoms. The van der Waals surface area contributed by atoms with Gasteiger partial charge in [0, 0.05) is 0 Å². The normalized spacial score (nSPS) is 14.7. The van der Waals surface area contributed by atoms with Crippen molar-refractivity contribution in [2.75, 3.05) is 0 Å². The Kier molecular flexibility index (Phi) is 3.65. The molecule has 0 heterocycles. The molecular formula is C22H19Zr. The maximum absolute atomic E-state index is 2.40. The van der Waals surface area contributed by atoms with E-state index in [-0.39, 0.29) is 0 Å². The molecular weight excluding hydrogens is 355 g/mol. The van der Waals surface area contributed by atoms with Gasteiger partial charge < -0.3 is 0 Å². The number of hydrogen-bond acceptors (Lipinski definition) is 0. The summed E-state index contributed by atoms with van der Waals surface area (Å²) in [6.45, 7) is 6.75. The first-order valence-electron chi connectivity index (χ1n) is 8.12. The predicted octanol–water partition coefficient (Wildman–Crippen LogP) is 3.83. The zero-order valence-electron chi connectivity index (χ0n) is 13.8. The van der Waals surface area contributed by atoms with Crippen molar-refractivity contribution in [3.05, 3.63) is 86.1 Å². The SMILES string of the molecule is CC(C)=c1c(C)cc2c(c1C1=CC=CC1)[C]([Zr])=c1ccccc1=2. The van der Waals surface area contributed by atoms with E-state index in [2.05, 4.69) is 69.3 Å². The van der Waals surface area contributed by atoms with Gasteiger partial charge in [0.05, 0.1) is 0 Å². The summed E-state index contributed by atoms with van der Waals surface area (Å²) in [7, 11) is 0. The van der Waals surface area contributed by atoms with E-state index in [4.69, 9.17) is 0 Å². The van der Waals surface area contributed by atoms with Crippen LogP contribution in [0, 0.1) is 17.4 Å². The van der Waals surface area contributed by atoms with Gasteiger partial charge in [0.15, 0.2) is 0 Å². The van der Waals surface area contributed by atoms with E-state index in [0.29, 0.717) is 0 Å². The van der Waals surface area contributed by atoms with Gasteiger partial charge in [-0.05, 0) is 0 Å². The second-order valence-electron chi connectivity index (χ2n) is 6.61. The average molecular weight is 375 g/mol. The number of fused-ring (bicyclic) bond motifs is 2. The van der Waals surface area contributed by atoms with Crippen molar-refractivity contribution in [1.29, 1.82) is 0 Å². The van der Waals surface area contributed by atoms with E-state index in [1.807, 2.05) is 0 Å². The molecule has 2 aliphatic rings. The fourth-order valence-corrected chi connectivity index (χ4v) is 5.13. The third-order valence-electron chi connectivity index (χ3n) is 4.85. The van der Waals surface area contributed by atoms with Crippen LogP contribution in [-0.2, 0) is 24.7 Å². The molecule has 0 bridgehead atoms. The molecule has 0 atom stereocenters. The molecule has 4 rings (SSSR count). The van der Waals surface area contributed by atoms with E-state index < -0.39 is 0 Å². The number of benzene rings is 2. The van der Waals surface area contributed by atoms with Gasteiger partial charge in [0.2, 0.25) is 0 Å². The second kappa shape index (κ2) is 5.57. The minimum atomic E-state index is 1.05. The van der Waals surface area contributed by atoms with Crippen molar-refractivity contribution in [3.8, 4) is 0 Å². The molecule has 0 fully saturated rings. The third kappa shape index (κ3) is 2.21. The van der Waals surface area contributed by atoms with Crippen molar-refractivity contribution in [2.24, 2.45) is 0 Å². The fourth-order valence-electron chi connectivity index (χ4n) is 3.96. The summed E-state index contributed by atoms with van der Waals surface area (Å²) < 4.78 is 1.51. The summed E-state index contributed by atoms with van der Waals surface area (Å²) in [5, 5.41) is 5.72. The second-order valence-corrected chi connectivity index (χ2v) is 7.84. The summed E-state index contributed by atoms with van der Waals surface area (Å²) in [5.41, 5.74) is 7.24. The van der Waals surface area contributed by atoms with E-state index >= 15 is 0 Å². The van der Waals surface area contributed by atoms with Crippen LogP contribution in [0.2, 0.25) is 0 Å². The minimum absolute atomic E-state index is 1.05. The van der Waals surface area contributed by atoms with E-state index in [0.717, 1.165) is 6.42 Å². The molecule has 0 aromatic heterocycles. The van der Waals surface area contributed by atoms with Gasteiger partial charge in [0.25, 0.3) is 0 Å². The standard InChI is InChI=1S/C22H19.Zr/c1-14(2)21-15(3)12-19-18-11-7-6-10-17(18)13-20(19)22(21)16-8-4-5-9-16;/h4-8,10-12H,9H2,1-3H3;. The molecule has 2 aromatic carbocycles. The Balaban J connectivity index is 2.30. The Morgan fingerprint density at radius 1 is 1.00 bits per heavy atom. The van der Waals surface area contributed by atoms with E-state index in [1.165, 1.54) is 76.7 Å². The molecule has 0 aliphatic heterocycles. The number of hydrogen-bond donors (Lipinski definition) is 0. The Morgan fingerprint density at radius 2 is 1.74 bits per heavy atom. The van der Waals surface area contributed by atoms with Gasteiger partial charge in [-0.1, -0.05) is 0 Å². The number of allylic oxidation sites excluding steroid dienone is 4. The van der Waals surface area contributed by atoms with Crippen LogP contribution in [-0.4, -0.2) is 0 Å². The maximum atomic E-state index is 2.40. The predicted molar refractivity (Wildman–Crippen MR) is 93.5 cm³/mol. The summed E-state index contributed by atoms with van der Waals surface area (Å²) >= 11 is 1.50. The summed E-state index contributed by atoms with van der Waals surface area (Å²) in [6.07, 6.45) is 7.82. The van der Waals surface area contributed by atoms with Crippen molar-refractivity contribution >= 4 is 14.4 Å². The molecule has 0 N–H and O–H groups in total. The van der Waals surface area contributed by atoms with Gasteiger partial charge in [-0.2, -0.15) is 0 Å².